The molecule has 150 valence electrons. The summed E-state index contributed by atoms with van der Waals surface area (Å²) in [6, 6.07) is 3.88. The topological polar surface area (TPSA) is 113 Å². The van der Waals surface area contributed by atoms with Crippen LogP contribution in [0.25, 0.3) is 11.0 Å². The first-order valence-corrected chi connectivity index (χ1v) is 10.2. The van der Waals surface area contributed by atoms with Crippen molar-refractivity contribution in [2.75, 3.05) is 44.6 Å². The fourth-order valence-corrected chi connectivity index (χ4v) is 3.80. The highest BCUT2D eigenvalue weighted by molar-refractivity contribution is 9.10. The molecular formula is C18H23BrN6O3. The average molecular weight is 451 g/mol. The monoisotopic (exact) mass is 450 g/mol. The van der Waals surface area contributed by atoms with Crippen molar-refractivity contribution in [3.05, 3.63) is 27.1 Å². The van der Waals surface area contributed by atoms with Gasteiger partial charge in [0.25, 0.3) is 0 Å². The Hall–Kier alpha value is -2.17. The molecule has 1 saturated carbocycles. The van der Waals surface area contributed by atoms with Crippen molar-refractivity contribution in [1.29, 1.82) is 0 Å². The number of carbonyl (C=O) groups is 2. The van der Waals surface area contributed by atoms with Crippen molar-refractivity contribution in [2.45, 2.75) is 18.9 Å². The predicted molar refractivity (Wildman–Crippen MR) is 109 cm³/mol. The van der Waals surface area contributed by atoms with Crippen LogP contribution < -0.4 is 16.3 Å². The molecule has 1 aliphatic carbocycles. The standard InChI is InChI=1S/C18H23BrN6O3/c19-12-7-14-15(23-18(28)22-14)8-13(12)21-17(27)10-25-5-3-24(4-6-25)9-16(26)20-11-1-2-11/h7-8,11H,1-6,9-10H2,(H,20,26)(H,21,27)(H2,22,23,28). The van der Waals surface area contributed by atoms with Gasteiger partial charge in [-0.2, -0.15) is 0 Å². The molecule has 0 unspecified atom stereocenters. The van der Waals surface area contributed by atoms with E-state index in [4.69, 9.17) is 0 Å². The molecule has 9 nitrogen and oxygen atoms in total. The number of hydrogen-bond acceptors (Lipinski definition) is 5. The van der Waals surface area contributed by atoms with E-state index in [1.165, 1.54) is 0 Å². The Morgan fingerprint density at radius 3 is 2.18 bits per heavy atom. The van der Waals surface area contributed by atoms with Gasteiger partial charge in [0.05, 0.1) is 29.8 Å². The molecule has 1 aromatic carbocycles. The SMILES string of the molecule is O=C(CN1CCN(CC(=O)NC2CC2)CC1)Nc1cc2[nH]c(=O)[nH]c2cc1Br. The summed E-state index contributed by atoms with van der Waals surface area (Å²) >= 11 is 3.42. The van der Waals surface area contributed by atoms with Crippen LogP contribution in [-0.2, 0) is 9.59 Å². The number of benzene rings is 1. The molecule has 4 rings (SSSR count). The van der Waals surface area contributed by atoms with Gasteiger partial charge in [0, 0.05) is 36.7 Å². The molecule has 1 aromatic heterocycles. The lowest BCUT2D eigenvalue weighted by molar-refractivity contribution is -0.123. The quantitative estimate of drug-likeness (QED) is 0.510. The van der Waals surface area contributed by atoms with E-state index in [1.807, 2.05) is 0 Å². The van der Waals surface area contributed by atoms with Gasteiger partial charge in [-0.15, -0.1) is 0 Å². The Balaban J connectivity index is 1.26. The van der Waals surface area contributed by atoms with Gasteiger partial charge in [-0.1, -0.05) is 0 Å². The molecule has 0 spiro atoms. The van der Waals surface area contributed by atoms with Crippen molar-refractivity contribution in [3.8, 4) is 0 Å². The molecule has 2 fully saturated rings. The second kappa shape index (κ2) is 8.06. The van der Waals surface area contributed by atoms with Crippen molar-refractivity contribution in [3.63, 3.8) is 0 Å². The Morgan fingerprint density at radius 2 is 1.57 bits per heavy atom. The first kappa shape index (κ1) is 19.2. The van der Waals surface area contributed by atoms with Crippen molar-refractivity contribution in [1.82, 2.24) is 25.1 Å². The van der Waals surface area contributed by atoms with Crippen LogP contribution >= 0.6 is 15.9 Å². The highest BCUT2D eigenvalue weighted by Crippen LogP contribution is 2.26. The number of anilines is 1. The van der Waals surface area contributed by atoms with Crippen LogP contribution in [-0.4, -0.2) is 76.9 Å². The lowest BCUT2D eigenvalue weighted by atomic mass is 10.2. The third-order valence-corrected chi connectivity index (χ3v) is 5.68. The number of nitrogens with zero attached hydrogens (tertiary/aromatic N) is 2. The number of hydrogen-bond donors (Lipinski definition) is 4. The van der Waals surface area contributed by atoms with E-state index in [1.54, 1.807) is 12.1 Å². The van der Waals surface area contributed by atoms with Crippen molar-refractivity contribution < 1.29 is 9.59 Å². The van der Waals surface area contributed by atoms with Gasteiger partial charge < -0.3 is 20.6 Å². The molecule has 1 aliphatic heterocycles. The van der Waals surface area contributed by atoms with Gasteiger partial charge in [-0.05, 0) is 40.9 Å². The molecule has 4 N–H and O–H groups in total. The molecule has 0 bridgehead atoms. The molecule has 2 aromatic rings. The third-order valence-electron chi connectivity index (χ3n) is 5.02. The number of nitrogens with one attached hydrogen (secondary N) is 4. The maximum absolute atomic E-state index is 12.4. The highest BCUT2D eigenvalue weighted by Gasteiger charge is 2.25. The number of imidazole rings is 1. The lowest BCUT2D eigenvalue weighted by Gasteiger charge is -2.33. The van der Waals surface area contributed by atoms with Crippen LogP contribution in [0.5, 0.6) is 0 Å². The number of aromatic amines is 2. The maximum atomic E-state index is 12.4. The summed E-state index contributed by atoms with van der Waals surface area (Å²) < 4.78 is 0.704. The molecule has 10 heteroatoms. The lowest BCUT2D eigenvalue weighted by Crippen LogP contribution is -2.51. The number of piperazine rings is 1. The summed E-state index contributed by atoms with van der Waals surface area (Å²) in [4.78, 5) is 45.3. The van der Waals surface area contributed by atoms with Crippen LogP contribution in [0.4, 0.5) is 5.69 Å². The molecular weight excluding hydrogens is 428 g/mol. The third kappa shape index (κ3) is 4.81. The first-order chi connectivity index (χ1) is 13.5. The van der Waals surface area contributed by atoms with Gasteiger partial charge >= 0.3 is 5.69 Å². The van der Waals surface area contributed by atoms with E-state index in [2.05, 4.69) is 46.3 Å². The van der Waals surface area contributed by atoms with E-state index in [0.29, 0.717) is 33.8 Å². The zero-order chi connectivity index (χ0) is 19.7. The number of H-pyrrole nitrogens is 2. The summed E-state index contributed by atoms with van der Waals surface area (Å²) in [5.41, 5.74) is 1.65. The van der Waals surface area contributed by atoms with Gasteiger partial charge in [0.2, 0.25) is 11.8 Å². The van der Waals surface area contributed by atoms with Gasteiger partial charge in [0.15, 0.2) is 0 Å². The van der Waals surface area contributed by atoms with Crippen molar-refractivity contribution in [2.24, 2.45) is 0 Å². The van der Waals surface area contributed by atoms with Crippen LogP contribution in [0.3, 0.4) is 0 Å². The fraction of sp³-hybridized carbons (Fsp3) is 0.500. The van der Waals surface area contributed by atoms with Crippen LogP contribution in [0.1, 0.15) is 12.8 Å². The average Bonchev–Trinajstić information content (AvgIpc) is 3.37. The zero-order valence-electron chi connectivity index (χ0n) is 15.4. The molecule has 2 aliphatic rings. The molecule has 2 amide bonds. The van der Waals surface area contributed by atoms with Gasteiger partial charge in [-0.25, -0.2) is 4.79 Å². The number of rotatable bonds is 6. The van der Waals surface area contributed by atoms with E-state index < -0.39 is 0 Å². The van der Waals surface area contributed by atoms with Crippen LogP contribution in [0.2, 0.25) is 0 Å². The molecule has 0 radical (unpaired) electrons. The summed E-state index contributed by atoms with van der Waals surface area (Å²) in [7, 11) is 0. The largest absolute Gasteiger partial charge is 0.352 e. The molecule has 1 saturated heterocycles. The molecule has 0 atom stereocenters. The highest BCUT2D eigenvalue weighted by atomic mass is 79.9. The summed E-state index contributed by atoms with van der Waals surface area (Å²) in [6.45, 7) is 3.75. The van der Waals surface area contributed by atoms with Crippen molar-refractivity contribution >= 4 is 44.5 Å². The Bertz CT molecular complexity index is 942. The second-order valence-corrected chi connectivity index (χ2v) is 8.25. The van der Waals surface area contributed by atoms with Gasteiger partial charge in [-0.3, -0.25) is 19.4 Å². The maximum Gasteiger partial charge on any atom is 0.323 e. The number of aromatic nitrogens is 2. The first-order valence-electron chi connectivity index (χ1n) is 9.42. The predicted octanol–water partition coefficient (Wildman–Crippen LogP) is 0.453. The fourth-order valence-electron chi connectivity index (χ4n) is 3.35. The van der Waals surface area contributed by atoms with E-state index in [9.17, 15) is 14.4 Å². The minimum absolute atomic E-state index is 0.0942. The summed E-state index contributed by atoms with van der Waals surface area (Å²) in [5.74, 6) is -0.0189. The number of fused-ring (bicyclic) bond motifs is 1. The minimum atomic E-state index is -0.283. The van der Waals surface area contributed by atoms with E-state index >= 15 is 0 Å². The Kier molecular flexibility index (Phi) is 5.51. The smallest absolute Gasteiger partial charge is 0.323 e. The normalized spacial score (nSPS) is 18.3. The number of carbonyl (C=O) groups excluding carboxylic acids is 2. The molecule has 28 heavy (non-hydrogen) atoms. The van der Waals surface area contributed by atoms with Gasteiger partial charge in [0.1, 0.15) is 0 Å². The van der Waals surface area contributed by atoms with Crippen LogP contribution in [0, 0.1) is 0 Å². The summed E-state index contributed by atoms with van der Waals surface area (Å²) in [6.07, 6.45) is 2.19. The minimum Gasteiger partial charge on any atom is -0.352 e. The summed E-state index contributed by atoms with van der Waals surface area (Å²) in [5, 5.41) is 5.89. The Morgan fingerprint density at radius 1 is 1.00 bits per heavy atom. The zero-order valence-corrected chi connectivity index (χ0v) is 17.0. The van der Waals surface area contributed by atoms with E-state index in [0.717, 1.165) is 39.0 Å². The number of halogens is 1. The number of amides is 2. The second-order valence-electron chi connectivity index (χ2n) is 7.40. The van der Waals surface area contributed by atoms with E-state index in [-0.39, 0.29) is 24.0 Å². The molecule has 2 heterocycles. The Labute approximate surface area is 170 Å². The van der Waals surface area contributed by atoms with Crippen LogP contribution in [0.15, 0.2) is 21.4 Å².